The van der Waals surface area contributed by atoms with Crippen molar-refractivity contribution in [1.29, 1.82) is 0 Å². The Morgan fingerprint density at radius 2 is 1.74 bits per heavy atom. The fraction of sp³-hybridized carbons (Fsp3) is 0.500. The molecule has 268 valence electrons. The number of aryl methyl sites for hydroxylation is 1. The molecule has 0 saturated carbocycles. The predicted molar refractivity (Wildman–Crippen MR) is 191 cm³/mol. The SMILES string of the molecule is COC(=O)[C@@H](OC(C)(C)C)c1c(C)c(C)c2nc3cn2c1N1CCC(C)(CC1)OCCCC[C@H](C)Oc1cc(F)c(F)cc1-c1cccc-3c1. The minimum Gasteiger partial charge on any atom is -0.490 e. The van der Waals surface area contributed by atoms with Gasteiger partial charge in [0.15, 0.2) is 17.7 Å². The Morgan fingerprint density at radius 1 is 1.04 bits per heavy atom. The number of rotatable bonds is 3. The number of esters is 1. The van der Waals surface area contributed by atoms with Crippen LogP contribution in [-0.4, -0.2) is 59.5 Å². The topological polar surface area (TPSA) is 74.5 Å². The normalized spacial score (nSPS) is 20.8. The predicted octanol–water partition coefficient (Wildman–Crippen LogP) is 8.92. The van der Waals surface area contributed by atoms with E-state index in [0.717, 1.165) is 71.9 Å². The van der Waals surface area contributed by atoms with E-state index in [0.29, 0.717) is 36.5 Å². The molecule has 4 aromatic rings. The number of methoxy groups -OCH3 is 1. The van der Waals surface area contributed by atoms with E-state index in [4.69, 9.17) is 23.9 Å². The number of hydrogen-bond acceptors (Lipinski definition) is 7. The molecule has 50 heavy (non-hydrogen) atoms. The van der Waals surface area contributed by atoms with Gasteiger partial charge in [0.1, 0.15) is 17.2 Å². The Balaban J connectivity index is 1.58. The molecule has 2 aromatic heterocycles. The van der Waals surface area contributed by atoms with E-state index in [9.17, 15) is 13.6 Å². The number of hydrogen-bond donors (Lipinski definition) is 0. The lowest BCUT2D eigenvalue weighted by Gasteiger charge is -2.42. The Hall–Kier alpha value is -4.02. The van der Waals surface area contributed by atoms with E-state index in [1.807, 2.05) is 72.0 Å². The summed E-state index contributed by atoms with van der Waals surface area (Å²) >= 11 is 0. The average molecular weight is 690 g/mol. The molecule has 0 radical (unpaired) electrons. The molecule has 3 aliphatic rings. The monoisotopic (exact) mass is 689 g/mol. The summed E-state index contributed by atoms with van der Waals surface area (Å²) < 4.78 is 55.9. The molecule has 0 unspecified atom stereocenters. The smallest absolute Gasteiger partial charge is 0.339 e. The van der Waals surface area contributed by atoms with Gasteiger partial charge in [0.25, 0.3) is 0 Å². The zero-order valence-electron chi connectivity index (χ0n) is 30.5. The van der Waals surface area contributed by atoms with Crippen molar-refractivity contribution >= 4 is 17.4 Å². The molecule has 2 atom stereocenters. The van der Waals surface area contributed by atoms with Gasteiger partial charge in [0, 0.05) is 48.6 Å². The van der Waals surface area contributed by atoms with Gasteiger partial charge in [-0.1, -0.05) is 18.2 Å². The van der Waals surface area contributed by atoms with Crippen LogP contribution >= 0.6 is 0 Å². The molecule has 1 saturated heterocycles. The molecule has 10 heteroatoms. The lowest BCUT2D eigenvalue weighted by Crippen LogP contribution is -2.45. The maximum absolute atomic E-state index is 14.7. The molecule has 1 fully saturated rings. The summed E-state index contributed by atoms with van der Waals surface area (Å²) in [5.41, 5.74) is 5.00. The van der Waals surface area contributed by atoms with Crippen LogP contribution in [0.5, 0.6) is 5.75 Å². The van der Waals surface area contributed by atoms with Gasteiger partial charge < -0.3 is 23.8 Å². The molecule has 3 aliphatic heterocycles. The van der Waals surface area contributed by atoms with Crippen molar-refractivity contribution in [1.82, 2.24) is 9.38 Å². The summed E-state index contributed by atoms with van der Waals surface area (Å²) in [5, 5.41) is 0. The number of anilines is 1. The second-order valence-corrected chi connectivity index (χ2v) is 15.0. The third-order valence-corrected chi connectivity index (χ3v) is 10.0. The number of nitrogens with zero attached hydrogens (tertiary/aromatic N) is 3. The largest absolute Gasteiger partial charge is 0.490 e. The van der Waals surface area contributed by atoms with Gasteiger partial charge in [-0.2, -0.15) is 0 Å². The lowest BCUT2D eigenvalue weighted by molar-refractivity contribution is -0.164. The van der Waals surface area contributed by atoms with Crippen LogP contribution in [0.25, 0.3) is 28.0 Å². The van der Waals surface area contributed by atoms with Gasteiger partial charge in [-0.05, 0) is 109 Å². The van der Waals surface area contributed by atoms with Gasteiger partial charge >= 0.3 is 5.97 Å². The zero-order valence-corrected chi connectivity index (χ0v) is 30.5. The maximum atomic E-state index is 14.7. The number of aromatic nitrogens is 2. The molecule has 5 heterocycles. The number of carbonyl (C=O) groups excluding carboxylic acids is 1. The molecule has 0 spiro atoms. The van der Waals surface area contributed by atoms with E-state index < -0.39 is 29.3 Å². The minimum absolute atomic E-state index is 0.209. The summed E-state index contributed by atoms with van der Waals surface area (Å²) in [6, 6.07) is 9.96. The second-order valence-electron chi connectivity index (χ2n) is 15.0. The minimum atomic E-state index is -0.975. The maximum Gasteiger partial charge on any atom is 0.339 e. The molecule has 0 N–H and O–H groups in total. The Morgan fingerprint density at radius 3 is 2.44 bits per heavy atom. The van der Waals surface area contributed by atoms with Gasteiger partial charge in [-0.25, -0.2) is 18.6 Å². The summed E-state index contributed by atoms with van der Waals surface area (Å²) in [7, 11) is 1.39. The van der Waals surface area contributed by atoms with Crippen molar-refractivity contribution in [3.63, 3.8) is 0 Å². The van der Waals surface area contributed by atoms with Crippen molar-refractivity contribution < 1.29 is 32.5 Å². The van der Waals surface area contributed by atoms with E-state index >= 15 is 0 Å². The van der Waals surface area contributed by atoms with Gasteiger partial charge in [-0.3, -0.25) is 4.40 Å². The van der Waals surface area contributed by atoms with Crippen LogP contribution < -0.4 is 9.64 Å². The van der Waals surface area contributed by atoms with Crippen molar-refractivity contribution in [3.8, 4) is 28.1 Å². The molecule has 0 amide bonds. The molecule has 0 aliphatic carbocycles. The summed E-state index contributed by atoms with van der Waals surface area (Å²) in [4.78, 5) is 21.0. The van der Waals surface area contributed by atoms with Crippen molar-refractivity contribution in [2.45, 2.75) is 104 Å². The second kappa shape index (κ2) is 13.9. The average Bonchev–Trinajstić information content (AvgIpc) is 3.52. The lowest BCUT2D eigenvalue weighted by atomic mass is 9.92. The fourth-order valence-electron chi connectivity index (χ4n) is 7.10. The van der Waals surface area contributed by atoms with Gasteiger partial charge in [0.2, 0.25) is 0 Å². The van der Waals surface area contributed by atoms with Crippen LogP contribution in [-0.2, 0) is 19.0 Å². The van der Waals surface area contributed by atoms with Crippen molar-refractivity contribution in [2.24, 2.45) is 0 Å². The number of imidazole rings is 1. The molecule has 6 bridgehead atoms. The van der Waals surface area contributed by atoms with Crippen molar-refractivity contribution in [2.75, 3.05) is 31.7 Å². The number of fused-ring (bicyclic) bond motifs is 8. The molecule has 7 rings (SSSR count). The summed E-state index contributed by atoms with van der Waals surface area (Å²) in [5.74, 6) is -1.24. The Labute approximate surface area is 293 Å². The molecule has 8 nitrogen and oxygen atoms in total. The highest BCUT2D eigenvalue weighted by Crippen LogP contribution is 2.42. The van der Waals surface area contributed by atoms with Crippen LogP contribution in [0.1, 0.15) is 89.5 Å². The highest BCUT2D eigenvalue weighted by Gasteiger charge is 2.38. The quantitative estimate of drug-likeness (QED) is 0.199. The van der Waals surface area contributed by atoms with Crippen LogP contribution in [0.4, 0.5) is 14.6 Å². The first kappa shape index (κ1) is 35.8. The number of pyridine rings is 1. The highest BCUT2D eigenvalue weighted by atomic mass is 19.2. The third-order valence-electron chi connectivity index (χ3n) is 10.0. The van der Waals surface area contributed by atoms with E-state index in [1.54, 1.807) is 0 Å². The first-order valence-electron chi connectivity index (χ1n) is 17.6. The van der Waals surface area contributed by atoms with Gasteiger partial charge in [0.05, 0.1) is 30.1 Å². The van der Waals surface area contributed by atoms with Crippen molar-refractivity contribution in [3.05, 3.63) is 70.9 Å². The number of carbonyl (C=O) groups is 1. The number of piperidine rings is 1. The van der Waals surface area contributed by atoms with Crippen LogP contribution in [0.3, 0.4) is 0 Å². The Kier molecular flexibility index (Phi) is 9.98. The van der Waals surface area contributed by atoms with E-state index in [1.165, 1.54) is 13.2 Å². The van der Waals surface area contributed by atoms with Gasteiger partial charge in [-0.15, -0.1) is 0 Å². The number of ether oxygens (including phenoxy) is 4. The van der Waals surface area contributed by atoms with Crippen LogP contribution in [0, 0.1) is 25.5 Å². The summed E-state index contributed by atoms with van der Waals surface area (Å²) in [6.07, 6.45) is 4.86. The first-order valence-corrected chi connectivity index (χ1v) is 17.6. The molecular formula is C40H49F2N3O5. The van der Waals surface area contributed by atoms with Crippen LogP contribution in [0.2, 0.25) is 0 Å². The standard InChI is InChI=1S/C40H49F2N3O5/c1-24-12-9-10-19-48-40(7)15-17-44(18-16-40)37-34(35(38(46)47-8)50-39(4,5)6)25(2)26(3)36-43-32(23-45(36)37)28-14-11-13-27(20-28)29-21-30(41)31(42)22-33(29)49-24/h11,13-14,20-24,35H,9-10,12,15-19H2,1-8H3/t24-,35-/m0/s1. The Bertz CT molecular complexity index is 1890. The molecule has 2 aromatic carbocycles. The number of benzene rings is 2. The van der Waals surface area contributed by atoms with Crippen LogP contribution in [0.15, 0.2) is 42.6 Å². The van der Waals surface area contributed by atoms with E-state index in [-0.39, 0.29) is 17.5 Å². The van der Waals surface area contributed by atoms with E-state index in [2.05, 4.69) is 16.2 Å². The highest BCUT2D eigenvalue weighted by molar-refractivity contribution is 5.82. The molecular weight excluding hydrogens is 640 g/mol. The summed E-state index contributed by atoms with van der Waals surface area (Å²) in [6.45, 7) is 16.0. The third kappa shape index (κ3) is 7.23. The zero-order chi connectivity index (χ0) is 36.0. The fourth-order valence-corrected chi connectivity index (χ4v) is 7.10. The first-order chi connectivity index (χ1) is 23.7. The number of halogens is 2.